The SMILES string of the molecule is CCN=C(Cl)/C(CC)=C(\N)c1ccon1. The molecule has 1 heterocycles. The van der Waals surface area contributed by atoms with Crippen LogP contribution in [0.1, 0.15) is 26.0 Å². The van der Waals surface area contributed by atoms with Crippen LogP contribution in [0.15, 0.2) is 27.4 Å². The van der Waals surface area contributed by atoms with Crippen LogP contribution < -0.4 is 5.73 Å². The van der Waals surface area contributed by atoms with Gasteiger partial charge < -0.3 is 10.3 Å². The zero-order valence-electron chi connectivity index (χ0n) is 8.83. The van der Waals surface area contributed by atoms with Crippen molar-refractivity contribution in [2.24, 2.45) is 10.7 Å². The minimum atomic E-state index is 0.445. The van der Waals surface area contributed by atoms with E-state index < -0.39 is 0 Å². The summed E-state index contributed by atoms with van der Waals surface area (Å²) in [6.07, 6.45) is 2.18. The number of nitrogens with zero attached hydrogens (tertiary/aromatic N) is 2. The van der Waals surface area contributed by atoms with Gasteiger partial charge in [-0.2, -0.15) is 0 Å². The molecule has 1 aromatic rings. The van der Waals surface area contributed by atoms with Gasteiger partial charge in [-0.05, 0) is 13.3 Å². The second kappa shape index (κ2) is 5.56. The highest BCUT2D eigenvalue weighted by molar-refractivity contribution is 6.70. The van der Waals surface area contributed by atoms with Crippen molar-refractivity contribution in [2.45, 2.75) is 20.3 Å². The van der Waals surface area contributed by atoms with E-state index in [0.29, 0.717) is 29.5 Å². The summed E-state index contributed by atoms with van der Waals surface area (Å²) >= 11 is 6.01. The molecular weight excluding hydrogens is 214 g/mol. The van der Waals surface area contributed by atoms with E-state index >= 15 is 0 Å². The lowest BCUT2D eigenvalue weighted by Gasteiger charge is -2.05. The number of rotatable bonds is 4. The molecule has 0 aliphatic heterocycles. The number of nitrogens with two attached hydrogens (primary N) is 1. The summed E-state index contributed by atoms with van der Waals surface area (Å²) < 4.78 is 4.72. The van der Waals surface area contributed by atoms with E-state index in [4.69, 9.17) is 21.9 Å². The van der Waals surface area contributed by atoms with Gasteiger partial charge in [-0.1, -0.05) is 23.7 Å². The average Bonchev–Trinajstić information content (AvgIpc) is 2.71. The fourth-order valence-corrected chi connectivity index (χ4v) is 1.54. The maximum Gasteiger partial charge on any atom is 0.129 e. The first kappa shape index (κ1) is 11.8. The highest BCUT2D eigenvalue weighted by Gasteiger charge is 2.10. The van der Waals surface area contributed by atoms with Crippen molar-refractivity contribution >= 4 is 22.5 Å². The summed E-state index contributed by atoms with van der Waals surface area (Å²) in [5.41, 5.74) is 7.83. The van der Waals surface area contributed by atoms with Crippen molar-refractivity contribution in [3.05, 3.63) is 23.6 Å². The van der Waals surface area contributed by atoms with Crippen LogP contribution in [0.5, 0.6) is 0 Å². The lowest BCUT2D eigenvalue weighted by Crippen LogP contribution is -2.06. The largest absolute Gasteiger partial charge is 0.397 e. The topological polar surface area (TPSA) is 64.4 Å². The van der Waals surface area contributed by atoms with Crippen molar-refractivity contribution in [1.29, 1.82) is 0 Å². The van der Waals surface area contributed by atoms with E-state index in [2.05, 4.69) is 10.1 Å². The van der Waals surface area contributed by atoms with Crippen LogP contribution in [-0.2, 0) is 0 Å². The molecule has 15 heavy (non-hydrogen) atoms. The monoisotopic (exact) mass is 227 g/mol. The Balaban J connectivity index is 3.09. The van der Waals surface area contributed by atoms with Crippen LogP contribution in [0.2, 0.25) is 0 Å². The number of aromatic nitrogens is 1. The fourth-order valence-electron chi connectivity index (χ4n) is 1.19. The fraction of sp³-hybridized carbons (Fsp3) is 0.400. The van der Waals surface area contributed by atoms with Gasteiger partial charge in [0.15, 0.2) is 0 Å². The Morgan fingerprint density at radius 2 is 2.33 bits per heavy atom. The summed E-state index contributed by atoms with van der Waals surface area (Å²) in [6, 6.07) is 1.70. The van der Waals surface area contributed by atoms with Crippen molar-refractivity contribution in [1.82, 2.24) is 5.16 Å². The average molecular weight is 228 g/mol. The molecule has 82 valence electrons. The van der Waals surface area contributed by atoms with Crippen LogP contribution in [0.3, 0.4) is 0 Å². The van der Waals surface area contributed by atoms with Gasteiger partial charge in [-0.25, -0.2) is 0 Å². The van der Waals surface area contributed by atoms with Gasteiger partial charge in [-0.15, -0.1) is 0 Å². The van der Waals surface area contributed by atoms with Gasteiger partial charge in [0, 0.05) is 18.2 Å². The minimum absolute atomic E-state index is 0.445. The first-order valence-corrected chi connectivity index (χ1v) is 5.18. The first-order valence-electron chi connectivity index (χ1n) is 4.80. The van der Waals surface area contributed by atoms with Gasteiger partial charge in [0.1, 0.15) is 17.1 Å². The van der Waals surface area contributed by atoms with Crippen molar-refractivity contribution in [2.75, 3.05) is 6.54 Å². The molecule has 4 nitrogen and oxygen atoms in total. The highest BCUT2D eigenvalue weighted by atomic mass is 35.5. The molecule has 5 heteroatoms. The van der Waals surface area contributed by atoms with Crippen LogP contribution in [0.4, 0.5) is 0 Å². The van der Waals surface area contributed by atoms with Gasteiger partial charge >= 0.3 is 0 Å². The van der Waals surface area contributed by atoms with E-state index in [-0.39, 0.29) is 0 Å². The third-order valence-corrected chi connectivity index (χ3v) is 2.29. The van der Waals surface area contributed by atoms with Crippen molar-refractivity contribution in [3.8, 4) is 0 Å². The second-order valence-corrected chi connectivity index (χ2v) is 3.25. The zero-order chi connectivity index (χ0) is 11.3. The normalized spacial score (nSPS) is 13.9. The molecule has 0 radical (unpaired) electrons. The standard InChI is InChI=1S/C10H14ClN3O/c1-3-7(10(11)13-4-2)9(12)8-5-6-15-14-8/h5-6H,3-4,12H2,1-2H3/b9-7-,13-10?. The Kier molecular flexibility index (Phi) is 4.37. The Morgan fingerprint density at radius 1 is 1.60 bits per heavy atom. The van der Waals surface area contributed by atoms with Gasteiger partial charge in [-0.3, -0.25) is 4.99 Å². The molecular formula is C10H14ClN3O. The Bertz CT molecular complexity index is 368. The number of halogens is 1. The zero-order valence-corrected chi connectivity index (χ0v) is 9.58. The summed E-state index contributed by atoms with van der Waals surface area (Å²) in [5.74, 6) is 0. The maximum absolute atomic E-state index is 6.01. The second-order valence-electron chi connectivity index (χ2n) is 2.90. The molecule has 1 rings (SSSR count). The summed E-state index contributed by atoms with van der Waals surface area (Å²) in [5, 5.41) is 4.20. The van der Waals surface area contributed by atoms with Crippen LogP contribution in [-0.4, -0.2) is 16.9 Å². The molecule has 0 saturated heterocycles. The third kappa shape index (κ3) is 2.83. The molecule has 0 bridgehead atoms. The number of hydrogen-bond donors (Lipinski definition) is 1. The quantitative estimate of drug-likeness (QED) is 0.804. The van der Waals surface area contributed by atoms with Gasteiger partial charge in [0.25, 0.3) is 0 Å². The minimum Gasteiger partial charge on any atom is -0.397 e. The van der Waals surface area contributed by atoms with E-state index in [0.717, 1.165) is 5.57 Å². The smallest absolute Gasteiger partial charge is 0.129 e. The molecule has 0 atom stereocenters. The van der Waals surface area contributed by atoms with E-state index in [1.165, 1.54) is 6.26 Å². The number of allylic oxidation sites excluding steroid dienone is 1. The van der Waals surface area contributed by atoms with Crippen LogP contribution in [0.25, 0.3) is 5.70 Å². The summed E-state index contributed by atoms with van der Waals surface area (Å²) in [7, 11) is 0. The molecule has 0 aromatic carbocycles. The molecule has 2 N–H and O–H groups in total. The molecule has 0 aliphatic carbocycles. The van der Waals surface area contributed by atoms with Crippen LogP contribution in [0, 0.1) is 0 Å². The molecule has 0 amide bonds. The molecule has 0 spiro atoms. The van der Waals surface area contributed by atoms with Crippen molar-refractivity contribution < 1.29 is 4.52 Å². The van der Waals surface area contributed by atoms with E-state index in [1.54, 1.807) is 6.07 Å². The summed E-state index contributed by atoms with van der Waals surface area (Å²) in [4.78, 5) is 4.11. The van der Waals surface area contributed by atoms with Crippen LogP contribution >= 0.6 is 11.6 Å². The van der Waals surface area contributed by atoms with E-state index in [9.17, 15) is 0 Å². The first-order chi connectivity index (χ1) is 7.20. The van der Waals surface area contributed by atoms with Gasteiger partial charge in [0.2, 0.25) is 0 Å². The third-order valence-electron chi connectivity index (χ3n) is 1.94. The maximum atomic E-state index is 6.01. The van der Waals surface area contributed by atoms with E-state index in [1.807, 2.05) is 13.8 Å². The highest BCUT2D eigenvalue weighted by Crippen LogP contribution is 2.17. The lowest BCUT2D eigenvalue weighted by atomic mass is 10.1. The predicted molar refractivity (Wildman–Crippen MR) is 61.7 cm³/mol. The van der Waals surface area contributed by atoms with Crippen molar-refractivity contribution in [3.63, 3.8) is 0 Å². The Morgan fingerprint density at radius 3 is 2.80 bits per heavy atom. The Hall–Kier alpha value is -1.29. The molecule has 1 aromatic heterocycles. The molecule has 0 aliphatic rings. The lowest BCUT2D eigenvalue weighted by molar-refractivity contribution is 0.417. The summed E-state index contributed by atoms with van der Waals surface area (Å²) in [6.45, 7) is 4.52. The molecule has 0 saturated carbocycles. The van der Waals surface area contributed by atoms with Gasteiger partial charge in [0.05, 0.1) is 5.70 Å². The Labute approximate surface area is 93.8 Å². The number of aliphatic imine (C=N–C) groups is 1. The molecule has 0 unspecified atom stereocenters. The number of hydrogen-bond acceptors (Lipinski definition) is 4. The predicted octanol–water partition coefficient (Wildman–Crippen LogP) is 2.41. The molecule has 0 fully saturated rings.